The molecule has 0 aliphatic rings. The van der Waals surface area contributed by atoms with Crippen LogP contribution in [0.1, 0.15) is 26.3 Å². The standard InChI is InChI=1S/C13H22ClNOSi/c1-13(2,3)17(4,5)16-15-10-11-8-6-7-9-12(11)14/h6-9,15H,10H2,1-5H3. The maximum atomic E-state index is 6.08. The van der Waals surface area contributed by atoms with Crippen molar-refractivity contribution in [3.63, 3.8) is 0 Å². The first-order chi connectivity index (χ1) is 7.74. The first-order valence-electron chi connectivity index (χ1n) is 5.88. The number of halogens is 1. The second kappa shape index (κ2) is 5.53. The summed E-state index contributed by atoms with van der Waals surface area (Å²) in [7, 11) is -1.73. The maximum Gasteiger partial charge on any atom is 0.219 e. The Bertz CT molecular complexity index is 374. The SMILES string of the molecule is CC(C)(C)[Si](C)(C)ONCc1ccccc1Cl. The molecule has 0 saturated heterocycles. The number of hydrogen-bond donors (Lipinski definition) is 1. The zero-order chi connectivity index (χ0) is 13.1. The lowest BCUT2D eigenvalue weighted by molar-refractivity contribution is 0.168. The Balaban J connectivity index is 2.52. The number of rotatable bonds is 4. The molecule has 0 unspecified atom stereocenters. The molecule has 0 amide bonds. The lowest BCUT2D eigenvalue weighted by Crippen LogP contribution is -2.44. The van der Waals surface area contributed by atoms with E-state index in [2.05, 4.69) is 39.3 Å². The molecule has 1 aromatic rings. The number of benzene rings is 1. The van der Waals surface area contributed by atoms with Crippen molar-refractivity contribution in [1.82, 2.24) is 5.48 Å². The Morgan fingerprint density at radius 1 is 1.24 bits per heavy atom. The Morgan fingerprint density at radius 3 is 2.35 bits per heavy atom. The number of nitrogens with one attached hydrogen (secondary N) is 1. The highest BCUT2D eigenvalue weighted by Gasteiger charge is 2.37. The van der Waals surface area contributed by atoms with E-state index in [4.69, 9.17) is 16.1 Å². The van der Waals surface area contributed by atoms with Crippen LogP contribution in [-0.4, -0.2) is 8.32 Å². The van der Waals surface area contributed by atoms with Crippen LogP contribution < -0.4 is 5.48 Å². The molecule has 1 N–H and O–H groups in total. The van der Waals surface area contributed by atoms with Crippen LogP contribution in [0.4, 0.5) is 0 Å². The van der Waals surface area contributed by atoms with Crippen molar-refractivity contribution >= 4 is 19.9 Å². The van der Waals surface area contributed by atoms with Crippen LogP contribution in [-0.2, 0) is 11.1 Å². The summed E-state index contributed by atoms with van der Waals surface area (Å²) in [6.45, 7) is 11.7. The average molecular weight is 272 g/mol. The Morgan fingerprint density at radius 2 is 1.82 bits per heavy atom. The quantitative estimate of drug-likeness (QED) is 0.649. The minimum Gasteiger partial charge on any atom is -0.345 e. The molecule has 2 nitrogen and oxygen atoms in total. The van der Waals surface area contributed by atoms with Crippen LogP contribution in [0.25, 0.3) is 0 Å². The van der Waals surface area contributed by atoms with E-state index in [1.54, 1.807) is 0 Å². The summed E-state index contributed by atoms with van der Waals surface area (Å²) in [6, 6.07) is 7.81. The molecular formula is C13H22ClNOSi. The summed E-state index contributed by atoms with van der Waals surface area (Å²) < 4.78 is 5.88. The summed E-state index contributed by atoms with van der Waals surface area (Å²) >= 11 is 6.08. The second-order valence-corrected chi connectivity index (χ2v) is 10.9. The lowest BCUT2D eigenvalue weighted by Gasteiger charge is -2.35. The zero-order valence-electron chi connectivity index (χ0n) is 11.3. The van der Waals surface area contributed by atoms with Gasteiger partial charge in [-0.3, -0.25) is 0 Å². The first kappa shape index (κ1) is 14.7. The van der Waals surface area contributed by atoms with Gasteiger partial charge in [-0.15, -0.1) is 0 Å². The monoisotopic (exact) mass is 271 g/mol. The average Bonchev–Trinajstić information content (AvgIpc) is 2.19. The van der Waals surface area contributed by atoms with Gasteiger partial charge < -0.3 is 4.53 Å². The van der Waals surface area contributed by atoms with Gasteiger partial charge in [0.15, 0.2) is 0 Å². The predicted octanol–water partition coefficient (Wildman–Crippen LogP) is 4.37. The third kappa shape index (κ3) is 4.10. The summed E-state index contributed by atoms with van der Waals surface area (Å²) in [5.41, 5.74) is 4.13. The van der Waals surface area contributed by atoms with Crippen molar-refractivity contribution in [1.29, 1.82) is 0 Å². The van der Waals surface area contributed by atoms with Gasteiger partial charge in [-0.25, -0.2) is 5.48 Å². The Kier molecular flexibility index (Phi) is 4.78. The molecule has 0 radical (unpaired) electrons. The van der Waals surface area contributed by atoms with Gasteiger partial charge in [0, 0.05) is 11.6 Å². The highest BCUT2D eigenvalue weighted by molar-refractivity contribution is 6.74. The van der Waals surface area contributed by atoms with E-state index in [0.717, 1.165) is 10.6 Å². The normalized spacial score (nSPS) is 12.8. The van der Waals surface area contributed by atoms with Gasteiger partial charge >= 0.3 is 0 Å². The van der Waals surface area contributed by atoms with Crippen molar-refractivity contribution in [2.24, 2.45) is 0 Å². The van der Waals surface area contributed by atoms with E-state index in [0.29, 0.717) is 6.54 Å². The van der Waals surface area contributed by atoms with Crippen LogP contribution in [0.2, 0.25) is 23.2 Å². The van der Waals surface area contributed by atoms with E-state index in [9.17, 15) is 0 Å². The lowest BCUT2D eigenvalue weighted by atomic mass is 10.2. The molecule has 0 heterocycles. The molecule has 4 heteroatoms. The summed E-state index contributed by atoms with van der Waals surface area (Å²) in [4.78, 5) is 0. The second-order valence-electron chi connectivity index (χ2n) is 5.77. The van der Waals surface area contributed by atoms with Gasteiger partial charge in [-0.1, -0.05) is 50.6 Å². The fourth-order valence-corrected chi connectivity index (χ4v) is 2.03. The zero-order valence-corrected chi connectivity index (χ0v) is 13.1. The smallest absolute Gasteiger partial charge is 0.219 e. The molecular weight excluding hydrogens is 250 g/mol. The molecule has 1 rings (SSSR count). The van der Waals surface area contributed by atoms with Crippen LogP contribution in [0.5, 0.6) is 0 Å². The fourth-order valence-electron chi connectivity index (χ4n) is 1.09. The van der Waals surface area contributed by atoms with E-state index in [1.165, 1.54) is 0 Å². The molecule has 96 valence electrons. The van der Waals surface area contributed by atoms with Gasteiger partial charge in [0.25, 0.3) is 0 Å². The van der Waals surface area contributed by atoms with E-state index in [1.807, 2.05) is 24.3 Å². The molecule has 0 saturated carbocycles. The highest BCUT2D eigenvalue weighted by atomic mass is 35.5. The largest absolute Gasteiger partial charge is 0.345 e. The molecule has 17 heavy (non-hydrogen) atoms. The predicted molar refractivity (Wildman–Crippen MR) is 76.6 cm³/mol. The minimum atomic E-state index is -1.73. The van der Waals surface area contributed by atoms with Gasteiger partial charge in [0.2, 0.25) is 8.32 Å². The molecule has 0 aliphatic carbocycles. The van der Waals surface area contributed by atoms with Gasteiger partial charge in [0.05, 0.1) is 0 Å². The third-order valence-electron chi connectivity index (χ3n) is 3.35. The van der Waals surface area contributed by atoms with Crippen LogP contribution in [0, 0.1) is 0 Å². The first-order valence-corrected chi connectivity index (χ1v) is 9.17. The van der Waals surface area contributed by atoms with E-state index < -0.39 is 8.32 Å². The molecule has 0 fully saturated rings. The molecule has 0 aliphatic heterocycles. The third-order valence-corrected chi connectivity index (χ3v) is 7.99. The summed E-state index contributed by atoms with van der Waals surface area (Å²) in [5, 5.41) is 0.986. The van der Waals surface area contributed by atoms with Crippen molar-refractivity contribution in [3.05, 3.63) is 34.9 Å². The Labute approximate surface area is 110 Å². The number of hydroxylamine groups is 1. The van der Waals surface area contributed by atoms with Crippen LogP contribution in [0.15, 0.2) is 24.3 Å². The summed E-state index contributed by atoms with van der Waals surface area (Å²) in [6.07, 6.45) is 0. The summed E-state index contributed by atoms with van der Waals surface area (Å²) in [5.74, 6) is 0. The Hall–Kier alpha value is -0.353. The maximum absolute atomic E-state index is 6.08. The van der Waals surface area contributed by atoms with Crippen molar-refractivity contribution in [2.45, 2.75) is 45.4 Å². The van der Waals surface area contributed by atoms with Gasteiger partial charge in [0.1, 0.15) is 0 Å². The molecule has 0 aromatic heterocycles. The topological polar surface area (TPSA) is 21.3 Å². The molecule has 1 aromatic carbocycles. The van der Waals surface area contributed by atoms with Crippen molar-refractivity contribution in [2.75, 3.05) is 0 Å². The molecule has 0 bridgehead atoms. The van der Waals surface area contributed by atoms with Crippen LogP contribution in [0.3, 0.4) is 0 Å². The van der Waals surface area contributed by atoms with Gasteiger partial charge in [-0.2, -0.15) is 0 Å². The van der Waals surface area contributed by atoms with Crippen molar-refractivity contribution in [3.8, 4) is 0 Å². The fraction of sp³-hybridized carbons (Fsp3) is 0.538. The van der Waals surface area contributed by atoms with E-state index in [-0.39, 0.29) is 5.04 Å². The molecule has 0 atom stereocenters. The van der Waals surface area contributed by atoms with E-state index >= 15 is 0 Å². The minimum absolute atomic E-state index is 0.209. The highest BCUT2D eigenvalue weighted by Crippen LogP contribution is 2.35. The van der Waals surface area contributed by atoms with Crippen LogP contribution >= 0.6 is 11.6 Å². The van der Waals surface area contributed by atoms with Crippen molar-refractivity contribution < 1.29 is 4.53 Å². The van der Waals surface area contributed by atoms with Gasteiger partial charge in [-0.05, 0) is 29.8 Å². The molecule has 0 spiro atoms. The number of hydrogen-bond acceptors (Lipinski definition) is 2.